The molecule has 0 aliphatic heterocycles. The SMILES string of the molecule is CC(C)C(C)(CN)NC(=O)C1CCCc2ccccc21.O=C(O)C(F)(F)F. The fourth-order valence-corrected chi connectivity index (χ4v) is 2.83. The van der Waals surface area contributed by atoms with Crippen molar-refractivity contribution in [3.8, 4) is 0 Å². The standard InChI is InChI=1S/C17H26N2O.C2HF3O2/c1-12(2)17(3,11-18)19-16(20)15-10-6-8-13-7-4-5-9-14(13)15;3-2(4,5)1(6)7/h4-5,7,9,12,15H,6,8,10-11,18H2,1-3H3,(H,19,20);(H,6,7). The van der Waals surface area contributed by atoms with Crippen molar-refractivity contribution in [2.24, 2.45) is 11.7 Å². The minimum absolute atomic E-state index is 0.0235. The number of carbonyl (C=O) groups is 2. The van der Waals surface area contributed by atoms with Crippen LogP contribution in [0, 0.1) is 5.92 Å². The number of alkyl halides is 3. The number of aliphatic carboxylic acids is 1. The van der Waals surface area contributed by atoms with Crippen LogP contribution in [0.5, 0.6) is 0 Å². The molecule has 0 radical (unpaired) electrons. The van der Waals surface area contributed by atoms with E-state index in [0.717, 1.165) is 19.3 Å². The lowest BCUT2D eigenvalue weighted by Gasteiger charge is -2.36. The van der Waals surface area contributed by atoms with E-state index in [2.05, 4.69) is 37.4 Å². The number of hydrogen-bond acceptors (Lipinski definition) is 3. The lowest BCUT2D eigenvalue weighted by Crippen LogP contribution is -2.56. The first-order valence-corrected chi connectivity index (χ1v) is 8.82. The Bertz CT molecular complexity index is 662. The average molecular weight is 388 g/mol. The van der Waals surface area contributed by atoms with Gasteiger partial charge in [0.25, 0.3) is 0 Å². The predicted molar refractivity (Wildman–Crippen MR) is 96.3 cm³/mol. The number of amides is 1. The highest BCUT2D eigenvalue weighted by Gasteiger charge is 2.38. The zero-order valence-corrected chi connectivity index (χ0v) is 15.8. The van der Waals surface area contributed by atoms with Crippen molar-refractivity contribution < 1.29 is 27.9 Å². The number of carbonyl (C=O) groups excluding carboxylic acids is 1. The van der Waals surface area contributed by atoms with Crippen LogP contribution in [0.2, 0.25) is 0 Å². The maximum Gasteiger partial charge on any atom is 0.490 e. The van der Waals surface area contributed by atoms with Crippen molar-refractivity contribution in [1.29, 1.82) is 0 Å². The lowest BCUT2D eigenvalue weighted by molar-refractivity contribution is -0.192. The quantitative estimate of drug-likeness (QED) is 0.738. The van der Waals surface area contributed by atoms with E-state index >= 15 is 0 Å². The molecule has 0 saturated carbocycles. The first-order valence-electron chi connectivity index (χ1n) is 8.82. The zero-order valence-electron chi connectivity index (χ0n) is 15.8. The van der Waals surface area contributed by atoms with Crippen LogP contribution in [-0.4, -0.2) is 35.2 Å². The summed E-state index contributed by atoms with van der Waals surface area (Å²) in [5.74, 6) is -2.34. The van der Waals surface area contributed by atoms with Crippen molar-refractivity contribution in [3.63, 3.8) is 0 Å². The molecule has 1 aliphatic rings. The van der Waals surface area contributed by atoms with Crippen LogP contribution in [0.15, 0.2) is 24.3 Å². The normalized spacial score (nSPS) is 18.6. The van der Waals surface area contributed by atoms with Crippen molar-refractivity contribution >= 4 is 11.9 Å². The number of hydrogen-bond donors (Lipinski definition) is 3. The molecule has 152 valence electrons. The first-order chi connectivity index (χ1) is 12.4. The van der Waals surface area contributed by atoms with Gasteiger partial charge in [-0.2, -0.15) is 13.2 Å². The van der Waals surface area contributed by atoms with Gasteiger partial charge in [0.1, 0.15) is 0 Å². The number of nitrogens with one attached hydrogen (secondary N) is 1. The third-order valence-corrected chi connectivity index (χ3v) is 5.04. The summed E-state index contributed by atoms with van der Waals surface area (Å²) >= 11 is 0. The largest absolute Gasteiger partial charge is 0.490 e. The number of halogens is 3. The highest BCUT2D eigenvalue weighted by Crippen LogP contribution is 2.32. The van der Waals surface area contributed by atoms with Crippen LogP contribution in [0.4, 0.5) is 13.2 Å². The molecular formula is C19H27F3N2O3. The van der Waals surface area contributed by atoms with E-state index in [0.29, 0.717) is 12.5 Å². The molecule has 0 saturated heterocycles. The molecule has 1 amide bonds. The number of rotatable bonds is 4. The Balaban J connectivity index is 0.000000445. The van der Waals surface area contributed by atoms with E-state index in [1.165, 1.54) is 11.1 Å². The fraction of sp³-hybridized carbons (Fsp3) is 0.579. The van der Waals surface area contributed by atoms with Crippen LogP contribution in [-0.2, 0) is 16.0 Å². The number of aryl methyl sites for hydroxylation is 1. The molecule has 0 heterocycles. The number of benzene rings is 1. The second-order valence-corrected chi connectivity index (χ2v) is 7.21. The third-order valence-electron chi connectivity index (χ3n) is 5.04. The summed E-state index contributed by atoms with van der Waals surface area (Å²) in [6.07, 6.45) is -1.99. The van der Waals surface area contributed by atoms with E-state index in [9.17, 15) is 18.0 Å². The smallest absolute Gasteiger partial charge is 0.475 e. The van der Waals surface area contributed by atoms with Crippen LogP contribution in [0.1, 0.15) is 50.7 Å². The van der Waals surface area contributed by atoms with Gasteiger partial charge < -0.3 is 16.2 Å². The lowest BCUT2D eigenvalue weighted by atomic mass is 9.81. The van der Waals surface area contributed by atoms with Gasteiger partial charge in [-0.05, 0) is 43.2 Å². The van der Waals surface area contributed by atoms with Crippen LogP contribution >= 0.6 is 0 Å². The van der Waals surface area contributed by atoms with E-state index in [1.54, 1.807) is 0 Å². The molecule has 2 atom stereocenters. The Morgan fingerprint density at radius 1 is 1.30 bits per heavy atom. The molecule has 0 fully saturated rings. The number of nitrogens with two attached hydrogens (primary N) is 1. The van der Waals surface area contributed by atoms with Gasteiger partial charge in [-0.3, -0.25) is 4.79 Å². The minimum Gasteiger partial charge on any atom is -0.475 e. The summed E-state index contributed by atoms with van der Waals surface area (Å²) in [5.41, 5.74) is 8.05. The minimum atomic E-state index is -5.08. The fourth-order valence-electron chi connectivity index (χ4n) is 2.83. The summed E-state index contributed by atoms with van der Waals surface area (Å²) in [6.45, 7) is 6.69. The summed E-state index contributed by atoms with van der Waals surface area (Å²) in [4.78, 5) is 21.6. The van der Waals surface area contributed by atoms with Crippen molar-refractivity contribution in [1.82, 2.24) is 5.32 Å². The van der Waals surface area contributed by atoms with E-state index in [1.807, 2.05) is 13.0 Å². The molecule has 0 bridgehead atoms. The second kappa shape index (κ2) is 9.21. The van der Waals surface area contributed by atoms with Gasteiger partial charge in [0.15, 0.2) is 0 Å². The maximum atomic E-state index is 12.7. The highest BCUT2D eigenvalue weighted by atomic mass is 19.4. The Morgan fingerprint density at radius 2 is 1.85 bits per heavy atom. The highest BCUT2D eigenvalue weighted by molar-refractivity contribution is 5.85. The second-order valence-electron chi connectivity index (χ2n) is 7.21. The van der Waals surface area contributed by atoms with Gasteiger partial charge in [-0.25, -0.2) is 4.79 Å². The van der Waals surface area contributed by atoms with E-state index in [4.69, 9.17) is 15.6 Å². The molecule has 8 heteroatoms. The summed E-state index contributed by atoms with van der Waals surface area (Å²) < 4.78 is 31.7. The molecule has 1 aromatic rings. The summed E-state index contributed by atoms with van der Waals surface area (Å²) in [6, 6.07) is 8.31. The summed E-state index contributed by atoms with van der Waals surface area (Å²) in [7, 11) is 0. The topological polar surface area (TPSA) is 92.4 Å². The Morgan fingerprint density at radius 3 is 2.33 bits per heavy atom. The Hall–Kier alpha value is -2.09. The molecular weight excluding hydrogens is 361 g/mol. The summed E-state index contributed by atoms with van der Waals surface area (Å²) in [5, 5.41) is 10.3. The molecule has 5 nitrogen and oxygen atoms in total. The van der Waals surface area contributed by atoms with Gasteiger partial charge >= 0.3 is 12.1 Å². The Kier molecular flexibility index (Phi) is 7.83. The first kappa shape index (κ1) is 23.0. The average Bonchev–Trinajstić information content (AvgIpc) is 2.60. The van der Waals surface area contributed by atoms with E-state index in [-0.39, 0.29) is 17.4 Å². The van der Waals surface area contributed by atoms with Crippen molar-refractivity contribution in [2.75, 3.05) is 6.54 Å². The molecule has 27 heavy (non-hydrogen) atoms. The van der Waals surface area contributed by atoms with Crippen LogP contribution < -0.4 is 11.1 Å². The Labute approximate surface area is 157 Å². The van der Waals surface area contributed by atoms with Gasteiger partial charge in [0, 0.05) is 6.54 Å². The molecule has 1 aromatic carbocycles. The van der Waals surface area contributed by atoms with Crippen LogP contribution in [0.25, 0.3) is 0 Å². The van der Waals surface area contributed by atoms with Crippen molar-refractivity contribution in [3.05, 3.63) is 35.4 Å². The number of fused-ring (bicyclic) bond motifs is 1. The molecule has 2 rings (SSSR count). The maximum absolute atomic E-state index is 12.7. The van der Waals surface area contributed by atoms with E-state index < -0.39 is 12.1 Å². The van der Waals surface area contributed by atoms with Gasteiger partial charge in [0.05, 0.1) is 11.5 Å². The van der Waals surface area contributed by atoms with Gasteiger partial charge in [0.2, 0.25) is 5.91 Å². The van der Waals surface area contributed by atoms with Crippen LogP contribution in [0.3, 0.4) is 0 Å². The monoisotopic (exact) mass is 388 g/mol. The molecule has 1 aliphatic carbocycles. The van der Waals surface area contributed by atoms with Crippen molar-refractivity contribution in [2.45, 2.75) is 57.7 Å². The molecule has 0 spiro atoms. The van der Waals surface area contributed by atoms with Gasteiger partial charge in [-0.15, -0.1) is 0 Å². The number of carboxylic acids is 1. The molecule has 4 N–H and O–H groups in total. The molecule has 0 aromatic heterocycles. The zero-order chi connectivity index (χ0) is 20.8. The third kappa shape index (κ3) is 6.23. The van der Waals surface area contributed by atoms with Gasteiger partial charge in [-0.1, -0.05) is 38.1 Å². The number of carboxylic acid groups (broad SMARTS) is 1. The predicted octanol–water partition coefficient (Wildman–Crippen LogP) is 3.23. The molecule has 2 unspecified atom stereocenters.